The number of hydrogen-bond acceptors (Lipinski definition) is 8. The van der Waals surface area contributed by atoms with Crippen LogP contribution in [0.2, 0.25) is 0 Å². The van der Waals surface area contributed by atoms with Gasteiger partial charge in [-0.1, -0.05) is 18.2 Å². The lowest BCUT2D eigenvalue weighted by Gasteiger charge is -2.15. The first kappa shape index (κ1) is 22.3. The molecule has 0 spiro atoms. The van der Waals surface area contributed by atoms with Gasteiger partial charge in [0.25, 0.3) is 11.6 Å². The Bertz CT molecular complexity index is 1320. The van der Waals surface area contributed by atoms with Gasteiger partial charge in [0.1, 0.15) is 0 Å². The van der Waals surface area contributed by atoms with Gasteiger partial charge >= 0.3 is 0 Å². The molecule has 12 heteroatoms. The van der Waals surface area contributed by atoms with Crippen molar-refractivity contribution in [2.45, 2.75) is 17.7 Å². The largest absolute Gasteiger partial charge is 0.382 e. The van der Waals surface area contributed by atoms with E-state index in [2.05, 4.69) is 15.3 Å². The number of nitrogens with one attached hydrogen (secondary N) is 1. The van der Waals surface area contributed by atoms with E-state index in [0.717, 1.165) is 12.8 Å². The van der Waals surface area contributed by atoms with Crippen LogP contribution in [0.5, 0.6) is 0 Å². The third-order valence-corrected chi connectivity index (χ3v) is 7.10. The SMILES string of the molecule is Nc1ncc(-c2ccc(S(=O)(=O)N3CCCC3)cc2)nc1C(=O)Nc1cccc([N+](=O)[O-])c1. The number of carbonyl (C=O) groups is 1. The second-order valence-electron chi connectivity index (χ2n) is 7.39. The Hall–Kier alpha value is -3.90. The van der Waals surface area contributed by atoms with Gasteiger partial charge in [0, 0.05) is 36.5 Å². The molecule has 0 bridgehead atoms. The molecule has 0 atom stereocenters. The predicted molar refractivity (Wildman–Crippen MR) is 121 cm³/mol. The highest BCUT2D eigenvalue weighted by Crippen LogP contribution is 2.25. The van der Waals surface area contributed by atoms with E-state index < -0.39 is 20.9 Å². The maximum atomic E-state index is 12.7. The maximum absolute atomic E-state index is 12.7. The Kier molecular flexibility index (Phi) is 6.03. The second-order valence-corrected chi connectivity index (χ2v) is 9.32. The molecule has 4 rings (SSSR count). The average Bonchev–Trinajstić information content (AvgIpc) is 3.36. The monoisotopic (exact) mass is 468 g/mol. The van der Waals surface area contributed by atoms with Gasteiger partial charge in [-0.05, 0) is 31.0 Å². The lowest BCUT2D eigenvalue weighted by atomic mass is 10.1. The number of carbonyl (C=O) groups excluding carboxylic acids is 1. The van der Waals surface area contributed by atoms with Crippen LogP contribution in [0.1, 0.15) is 23.3 Å². The summed E-state index contributed by atoms with van der Waals surface area (Å²) in [6.45, 7) is 1.02. The number of amides is 1. The van der Waals surface area contributed by atoms with Crippen molar-refractivity contribution in [3.63, 3.8) is 0 Å². The fourth-order valence-electron chi connectivity index (χ4n) is 3.47. The minimum Gasteiger partial charge on any atom is -0.382 e. The highest BCUT2D eigenvalue weighted by Gasteiger charge is 2.27. The summed E-state index contributed by atoms with van der Waals surface area (Å²) in [5.74, 6) is -0.800. The number of non-ortho nitro benzene ring substituents is 1. The van der Waals surface area contributed by atoms with Gasteiger partial charge < -0.3 is 11.1 Å². The van der Waals surface area contributed by atoms with Crippen LogP contribution >= 0.6 is 0 Å². The molecule has 170 valence electrons. The van der Waals surface area contributed by atoms with Gasteiger partial charge in [-0.15, -0.1) is 0 Å². The first-order valence-corrected chi connectivity index (χ1v) is 11.5. The Morgan fingerprint density at radius 3 is 2.48 bits per heavy atom. The summed E-state index contributed by atoms with van der Waals surface area (Å²) in [6.07, 6.45) is 3.07. The molecule has 3 N–H and O–H groups in total. The standard InChI is InChI=1S/C21H20N6O5S/c22-20-19(21(28)24-15-4-3-5-16(12-15)27(29)30)25-18(13-23-20)14-6-8-17(9-7-14)33(31,32)26-10-1-2-11-26/h3-9,12-13H,1-2,10-11H2,(H2,22,23)(H,24,28). The topological polar surface area (TPSA) is 161 Å². The smallest absolute Gasteiger partial charge is 0.278 e. The molecule has 1 aromatic heterocycles. The fraction of sp³-hybridized carbons (Fsp3) is 0.190. The first-order chi connectivity index (χ1) is 15.8. The van der Waals surface area contributed by atoms with Gasteiger partial charge in [-0.25, -0.2) is 18.4 Å². The van der Waals surface area contributed by atoms with E-state index in [1.54, 1.807) is 12.1 Å². The zero-order valence-corrected chi connectivity index (χ0v) is 18.2. The highest BCUT2D eigenvalue weighted by atomic mass is 32.2. The number of sulfonamides is 1. The Morgan fingerprint density at radius 1 is 1.12 bits per heavy atom. The number of aromatic nitrogens is 2. The summed E-state index contributed by atoms with van der Waals surface area (Å²) >= 11 is 0. The maximum Gasteiger partial charge on any atom is 0.278 e. The molecule has 1 aliphatic heterocycles. The van der Waals surface area contributed by atoms with Crippen molar-refractivity contribution in [3.05, 3.63) is 70.5 Å². The fourth-order valence-corrected chi connectivity index (χ4v) is 4.98. The molecule has 1 amide bonds. The Balaban J connectivity index is 1.57. The quantitative estimate of drug-likeness (QED) is 0.412. The summed E-state index contributed by atoms with van der Waals surface area (Å²) in [7, 11) is -3.55. The number of anilines is 2. The van der Waals surface area contributed by atoms with E-state index in [4.69, 9.17) is 5.73 Å². The molecule has 1 aliphatic rings. The summed E-state index contributed by atoms with van der Waals surface area (Å²) < 4.78 is 26.9. The van der Waals surface area contributed by atoms with E-state index in [0.29, 0.717) is 24.3 Å². The van der Waals surface area contributed by atoms with E-state index in [9.17, 15) is 23.3 Å². The van der Waals surface area contributed by atoms with E-state index in [1.165, 1.54) is 46.9 Å². The number of nitrogens with zero attached hydrogens (tertiary/aromatic N) is 4. The van der Waals surface area contributed by atoms with Gasteiger partial charge in [0.2, 0.25) is 10.0 Å². The lowest BCUT2D eigenvalue weighted by molar-refractivity contribution is -0.384. The molecule has 11 nitrogen and oxygen atoms in total. The van der Waals surface area contributed by atoms with Crippen molar-refractivity contribution >= 4 is 33.1 Å². The molecule has 0 aliphatic carbocycles. The van der Waals surface area contributed by atoms with Crippen molar-refractivity contribution in [2.24, 2.45) is 0 Å². The van der Waals surface area contributed by atoms with Crippen LogP contribution in [0, 0.1) is 10.1 Å². The van der Waals surface area contributed by atoms with Crippen LogP contribution in [0.25, 0.3) is 11.3 Å². The van der Waals surface area contributed by atoms with Crippen molar-refractivity contribution in [2.75, 3.05) is 24.1 Å². The summed E-state index contributed by atoms with van der Waals surface area (Å²) in [6, 6.07) is 11.6. The van der Waals surface area contributed by atoms with Gasteiger partial charge in [0.15, 0.2) is 11.5 Å². The highest BCUT2D eigenvalue weighted by molar-refractivity contribution is 7.89. The number of nitrogen functional groups attached to an aromatic ring is 1. The minimum absolute atomic E-state index is 0.116. The Morgan fingerprint density at radius 2 is 1.82 bits per heavy atom. The zero-order valence-electron chi connectivity index (χ0n) is 17.3. The molecule has 33 heavy (non-hydrogen) atoms. The third kappa shape index (κ3) is 4.66. The summed E-state index contributed by atoms with van der Waals surface area (Å²) in [4.78, 5) is 31.5. The zero-order chi connectivity index (χ0) is 23.6. The molecule has 2 aromatic carbocycles. The molecule has 1 saturated heterocycles. The van der Waals surface area contributed by atoms with Crippen LogP contribution in [0.3, 0.4) is 0 Å². The molecular formula is C21H20N6O5S. The number of hydrogen-bond donors (Lipinski definition) is 2. The van der Waals surface area contributed by atoms with Crippen molar-refractivity contribution in [1.29, 1.82) is 0 Å². The summed E-state index contributed by atoms with van der Waals surface area (Å²) in [5, 5.41) is 13.5. The van der Waals surface area contributed by atoms with Crippen LogP contribution in [-0.2, 0) is 10.0 Å². The molecule has 0 radical (unpaired) electrons. The normalized spacial score (nSPS) is 14.2. The molecule has 3 aromatic rings. The van der Waals surface area contributed by atoms with Crippen LogP contribution in [0.4, 0.5) is 17.2 Å². The summed E-state index contributed by atoms with van der Waals surface area (Å²) in [5.41, 5.74) is 6.56. The van der Waals surface area contributed by atoms with E-state index in [-0.39, 0.29) is 27.8 Å². The lowest BCUT2D eigenvalue weighted by Crippen LogP contribution is -2.27. The number of benzene rings is 2. The van der Waals surface area contributed by atoms with Gasteiger partial charge in [-0.3, -0.25) is 14.9 Å². The molecule has 0 unspecified atom stereocenters. The number of rotatable bonds is 6. The van der Waals surface area contributed by atoms with Crippen molar-refractivity contribution in [1.82, 2.24) is 14.3 Å². The van der Waals surface area contributed by atoms with E-state index >= 15 is 0 Å². The third-order valence-electron chi connectivity index (χ3n) is 5.18. The molecule has 2 heterocycles. The van der Waals surface area contributed by atoms with Crippen LogP contribution in [0.15, 0.2) is 59.6 Å². The Labute approximate surface area is 189 Å². The predicted octanol–water partition coefficient (Wildman–Crippen LogP) is 2.67. The molecular weight excluding hydrogens is 448 g/mol. The van der Waals surface area contributed by atoms with E-state index in [1.807, 2.05) is 0 Å². The first-order valence-electron chi connectivity index (χ1n) is 10.0. The second kappa shape index (κ2) is 8.92. The number of nitro groups is 1. The van der Waals surface area contributed by atoms with Crippen LogP contribution in [-0.4, -0.2) is 46.6 Å². The number of nitrogens with two attached hydrogens (primary N) is 1. The number of nitro benzene ring substituents is 1. The van der Waals surface area contributed by atoms with Gasteiger partial charge in [-0.2, -0.15) is 4.31 Å². The average molecular weight is 468 g/mol. The van der Waals surface area contributed by atoms with Crippen LogP contribution < -0.4 is 11.1 Å². The minimum atomic E-state index is -3.55. The van der Waals surface area contributed by atoms with Crippen molar-refractivity contribution in [3.8, 4) is 11.3 Å². The molecule has 1 fully saturated rings. The van der Waals surface area contributed by atoms with Gasteiger partial charge in [0.05, 0.1) is 21.7 Å². The molecule has 0 saturated carbocycles. The van der Waals surface area contributed by atoms with Crippen molar-refractivity contribution < 1.29 is 18.1 Å².